The highest BCUT2D eigenvalue weighted by atomic mass is 19.4. The maximum atomic E-state index is 12.2. The van der Waals surface area contributed by atoms with E-state index in [1.165, 1.54) is 12.1 Å². The molecule has 6 nitrogen and oxygen atoms in total. The summed E-state index contributed by atoms with van der Waals surface area (Å²) in [6.45, 7) is 1.83. The van der Waals surface area contributed by atoms with Crippen molar-refractivity contribution in [3.05, 3.63) is 59.7 Å². The summed E-state index contributed by atoms with van der Waals surface area (Å²) in [6, 6.07) is 7.84. The predicted molar refractivity (Wildman–Crippen MR) is 95.2 cm³/mol. The van der Waals surface area contributed by atoms with Crippen molar-refractivity contribution in [1.29, 1.82) is 0 Å². The van der Waals surface area contributed by atoms with Gasteiger partial charge in [-0.25, -0.2) is 9.59 Å². The fraction of sp³-hybridized carbons (Fsp3) is 0.222. The molecule has 30 heavy (non-hydrogen) atoms. The van der Waals surface area contributed by atoms with Crippen LogP contribution < -0.4 is 10.6 Å². The number of nitrogens with one attached hydrogen (secondary N) is 2. The molecular formula is C18H16F6N2O4. The van der Waals surface area contributed by atoms with Gasteiger partial charge in [-0.2, -0.15) is 26.3 Å². The summed E-state index contributed by atoms with van der Waals surface area (Å²) in [5, 5.41) is 12.5. The number of hydrogen-bond acceptors (Lipinski definition) is 3. The SMILES string of the molecule is CCOC(=O)Nc1ccc(C(F)(F)F)cc1.O=C(O)Nc1ccc(C(F)(F)F)cc1. The summed E-state index contributed by atoms with van der Waals surface area (Å²) >= 11 is 0. The van der Waals surface area contributed by atoms with Gasteiger partial charge in [0.25, 0.3) is 0 Å². The van der Waals surface area contributed by atoms with Gasteiger partial charge in [0.2, 0.25) is 0 Å². The Morgan fingerprint density at radius 2 is 1.17 bits per heavy atom. The van der Waals surface area contributed by atoms with E-state index in [0.717, 1.165) is 36.4 Å². The Hall–Kier alpha value is -3.44. The van der Waals surface area contributed by atoms with Crippen LogP contribution in [-0.2, 0) is 17.1 Å². The second-order valence-corrected chi connectivity index (χ2v) is 5.43. The molecule has 12 heteroatoms. The summed E-state index contributed by atoms with van der Waals surface area (Å²) in [6.07, 6.45) is -10.8. The Kier molecular flexibility index (Phi) is 8.50. The highest BCUT2D eigenvalue weighted by molar-refractivity contribution is 5.84. The first-order chi connectivity index (χ1) is 13.8. The van der Waals surface area contributed by atoms with Crippen LogP contribution in [0.15, 0.2) is 48.5 Å². The second-order valence-electron chi connectivity index (χ2n) is 5.43. The van der Waals surface area contributed by atoms with E-state index in [1.54, 1.807) is 6.92 Å². The lowest BCUT2D eigenvalue weighted by molar-refractivity contribution is -0.138. The number of halogens is 6. The molecule has 0 atom stereocenters. The van der Waals surface area contributed by atoms with Crippen molar-refractivity contribution in [2.24, 2.45) is 0 Å². The second kappa shape index (κ2) is 10.4. The first kappa shape index (κ1) is 24.6. The quantitative estimate of drug-likeness (QED) is 0.508. The smallest absolute Gasteiger partial charge is 0.416 e. The van der Waals surface area contributed by atoms with Crippen LogP contribution in [-0.4, -0.2) is 23.9 Å². The van der Waals surface area contributed by atoms with E-state index in [2.05, 4.69) is 10.1 Å². The topological polar surface area (TPSA) is 87.7 Å². The molecule has 0 aromatic heterocycles. The third-order valence-corrected chi connectivity index (χ3v) is 3.20. The molecule has 0 aliphatic heterocycles. The van der Waals surface area contributed by atoms with Crippen LogP contribution in [0, 0.1) is 0 Å². The van der Waals surface area contributed by atoms with Crippen molar-refractivity contribution in [3.63, 3.8) is 0 Å². The molecule has 2 aromatic carbocycles. The van der Waals surface area contributed by atoms with Gasteiger partial charge >= 0.3 is 24.5 Å². The van der Waals surface area contributed by atoms with E-state index in [-0.39, 0.29) is 18.0 Å². The molecule has 0 heterocycles. The molecule has 3 N–H and O–H groups in total. The largest absolute Gasteiger partial charge is 0.465 e. The number of carboxylic acid groups (broad SMARTS) is 1. The van der Waals surface area contributed by atoms with Gasteiger partial charge in [-0.3, -0.25) is 10.6 Å². The van der Waals surface area contributed by atoms with Crippen molar-refractivity contribution in [2.45, 2.75) is 19.3 Å². The summed E-state index contributed by atoms with van der Waals surface area (Å²) in [5.74, 6) is 0. The van der Waals surface area contributed by atoms with E-state index < -0.39 is 35.7 Å². The number of hydrogen-bond donors (Lipinski definition) is 3. The van der Waals surface area contributed by atoms with Crippen LogP contribution in [0.1, 0.15) is 18.1 Å². The molecule has 0 fully saturated rings. The van der Waals surface area contributed by atoms with E-state index in [4.69, 9.17) is 5.11 Å². The molecule has 0 spiro atoms. The summed E-state index contributed by atoms with van der Waals surface area (Å²) in [5.41, 5.74) is -1.22. The monoisotopic (exact) mass is 438 g/mol. The minimum atomic E-state index is -4.40. The highest BCUT2D eigenvalue weighted by Gasteiger charge is 2.30. The van der Waals surface area contributed by atoms with Crippen LogP contribution in [0.5, 0.6) is 0 Å². The zero-order valence-electron chi connectivity index (χ0n) is 15.3. The first-order valence-corrected chi connectivity index (χ1v) is 8.11. The summed E-state index contributed by atoms with van der Waals surface area (Å²) < 4.78 is 77.3. The van der Waals surface area contributed by atoms with Gasteiger partial charge in [-0.15, -0.1) is 0 Å². The number of alkyl halides is 6. The molecule has 0 aliphatic carbocycles. The van der Waals surface area contributed by atoms with E-state index >= 15 is 0 Å². The Balaban J connectivity index is 0.000000303. The van der Waals surface area contributed by atoms with Crippen molar-refractivity contribution < 1.29 is 45.8 Å². The number of rotatable bonds is 3. The van der Waals surface area contributed by atoms with Crippen molar-refractivity contribution in [3.8, 4) is 0 Å². The van der Waals surface area contributed by atoms with Gasteiger partial charge in [0.15, 0.2) is 0 Å². The van der Waals surface area contributed by atoms with E-state index in [0.29, 0.717) is 0 Å². The standard InChI is InChI=1S/C10H10F3NO2.C8H6F3NO2/c1-2-16-9(15)14-8-5-3-7(4-6-8)10(11,12)13;9-8(10,11)5-1-3-6(4-2-5)12-7(13)14/h3-6H,2H2,1H3,(H,14,15);1-4,12H,(H,13,14). The zero-order valence-corrected chi connectivity index (χ0v) is 15.3. The average Bonchev–Trinajstić information content (AvgIpc) is 2.61. The molecule has 2 rings (SSSR count). The lowest BCUT2D eigenvalue weighted by atomic mass is 10.2. The third-order valence-electron chi connectivity index (χ3n) is 3.20. The van der Waals surface area contributed by atoms with E-state index in [1.807, 2.05) is 5.32 Å². The van der Waals surface area contributed by atoms with Gasteiger partial charge in [0.05, 0.1) is 17.7 Å². The molecule has 0 unspecified atom stereocenters. The van der Waals surface area contributed by atoms with Crippen molar-refractivity contribution >= 4 is 23.6 Å². The average molecular weight is 438 g/mol. The molecule has 2 amide bonds. The maximum absolute atomic E-state index is 12.2. The van der Waals surface area contributed by atoms with Crippen LogP contribution in [0.2, 0.25) is 0 Å². The molecule has 2 aromatic rings. The minimum absolute atomic E-state index is 0.102. The third kappa shape index (κ3) is 8.71. The van der Waals surface area contributed by atoms with Crippen LogP contribution in [0.4, 0.5) is 47.3 Å². The molecule has 0 radical (unpaired) electrons. The molecule has 164 valence electrons. The Bertz CT molecular complexity index is 834. The Morgan fingerprint density at radius 3 is 1.47 bits per heavy atom. The first-order valence-electron chi connectivity index (χ1n) is 8.11. The van der Waals surface area contributed by atoms with Crippen molar-refractivity contribution in [1.82, 2.24) is 0 Å². The Labute approximate surface area is 166 Å². The zero-order chi connectivity index (χ0) is 22.9. The number of ether oxygens (including phenoxy) is 1. The normalized spacial score (nSPS) is 11.0. The fourth-order valence-electron chi connectivity index (χ4n) is 1.89. The van der Waals surface area contributed by atoms with Crippen molar-refractivity contribution in [2.75, 3.05) is 17.2 Å². The minimum Gasteiger partial charge on any atom is -0.465 e. The molecular weight excluding hydrogens is 422 g/mol. The van der Waals surface area contributed by atoms with Gasteiger partial charge in [-0.05, 0) is 55.5 Å². The van der Waals surface area contributed by atoms with Gasteiger partial charge < -0.3 is 9.84 Å². The lowest BCUT2D eigenvalue weighted by Crippen LogP contribution is -2.13. The van der Waals surface area contributed by atoms with Gasteiger partial charge in [0, 0.05) is 11.4 Å². The number of carbonyl (C=O) groups is 2. The molecule has 0 bridgehead atoms. The number of carbonyl (C=O) groups excluding carboxylic acids is 1. The maximum Gasteiger partial charge on any atom is 0.416 e. The van der Waals surface area contributed by atoms with Crippen LogP contribution in [0.3, 0.4) is 0 Å². The lowest BCUT2D eigenvalue weighted by Gasteiger charge is -2.08. The van der Waals surface area contributed by atoms with Gasteiger partial charge in [-0.1, -0.05) is 0 Å². The van der Waals surface area contributed by atoms with Crippen LogP contribution >= 0.6 is 0 Å². The molecule has 0 saturated heterocycles. The van der Waals surface area contributed by atoms with Crippen LogP contribution in [0.25, 0.3) is 0 Å². The predicted octanol–water partition coefficient (Wildman–Crippen LogP) is 6.07. The van der Waals surface area contributed by atoms with E-state index in [9.17, 15) is 35.9 Å². The number of benzene rings is 2. The van der Waals surface area contributed by atoms with Gasteiger partial charge in [0.1, 0.15) is 0 Å². The summed E-state index contributed by atoms with van der Waals surface area (Å²) in [4.78, 5) is 21.1. The number of amides is 2. The number of anilines is 2. The molecule has 0 saturated carbocycles. The Morgan fingerprint density at radius 1 is 0.800 bits per heavy atom. The molecule has 0 aliphatic rings. The highest BCUT2D eigenvalue weighted by Crippen LogP contribution is 2.30. The fourth-order valence-corrected chi connectivity index (χ4v) is 1.89. The summed E-state index contributed by atoms with van der Waals surface area (Å²) in [7, 11) is 0.